The Kier molecular flexibility index (Phi) is 8.18. The zero-order valence-corrected chi connectivity index (χ0v) is 20.2. The molecule has 0 fully saturated rings. The van der Waals surface area contributed by atoms with Crippen LogP contribution >= 0.6 is 0 Å². The Morgan fingerprint density at radius 2 is 1.65 bits per heavy atom. The summed E-state index contributed by atoms with van der Waals surface area (Å²) in [7, 11) is 1.39. The van der Waals surface area contributed by atoms with E-state index in [1.54, 1.807) is 0 Å². The van der Waals surface area contributed by atoms with Gasteiger partial charge < -0.3 is 19.7 Å². The van der Waals surface area contributed by atoms with Crippen LogP contribution < -0.4 is 4.74 Å². The summed E-state index contributed by atoms with van der Waals surface area (Å²) in [6, 6.07) is 1.19. The third-order valence-electron chi connectivity index (χ3n) is 6.71. The van der Waals surface area contributed by atoms with Gasteiger partial charge in [-0.05, 0) is 42.9 Å². The van der Waals surface area contributed by atoms with Gasteiger partial charge in [0.2, 0.25) is 0 Å². The fourth-order valence-corrected chi connectivity index (χ4v) is 5.13. The number of ketones is 1. The van der Waals surface area contributed by atoms with Crippen molar-refractivity contribution in [3.8, 4) is 11.5 Å². The van der Waals surface area contributed by atoms with Gasteiger partial charge in [-0.1, -0.05) is 52.4 Å². The number of benzene rings is 1. The number of esters is 1. The number of aromatic hydroxyl groups is 1. The summed E-state index contributed by atoms with van der Waals surface area (Å²) in [5.41, 5.74) is -0.472. The molecule has 3 rings (SSSR count). The number of methoxy groups -OCH3 is 1. The fourth-order valence-electron chi connectivity index (χ4n) is 5.13. The zero-order chi connectivity index (χ0) is 24.9. The van der Waals surface area contributed by atoms with Gasteiger partial charge in [0.25, 0.3) is 0 Å². The smallest absolute Gasteiger partial charge is 0.339 e. The molecule has 1 unspecified atom stereocenters. The zero-order valence-electron chi connectivity index (χ0n) is 20.2. The first-order valence-corrected chi connectivity index (χ1v) is 12.2. The van der Waals surface area contributed by atoms with Gasteiger partial charge in [0.1, 0.15) is 22.8 Å². The van der Waals surface area contributed by atoms with Crippen LogP contribution in [-0.4, -0.2) is 35.0 Å². The quantitative estimate of drug-likeness (QED) is 0.240. The van der Waals surface area contributed by atoms with E-state index in [4.69, 9.17) is 9.47 Å². The number of ether oxygens (including phenoxy) is 2. The van der Waals surface area contributed by atoms with E-state index >= 15 is 0 Å². The van der Waals surface area contributed by atoms with Gasteiger partial charge >= 0.3 is 11.9 Å². The van der Waals surface area contributed by atoms with Gasteiger partial charge in [0.05, 0.1) is 7.11 Å². The van der Waals surface area contributed by atoms with Crippen LogP contribution in [-0.2, 0) is 26.2 Å². The van der Waals surface area contributed by atoms with Crippen molar-refractivity contribution in [3.63, 3.8) is 0 Å². The summed E-state index contributed by atoms with van der Waals surface area (Å²) >= 11 is 0. The van der Waals surface area contributed by atoms with E-state index in [9.17, 15) is 24.6 Å². The summed E-state index contributed by atoms with van der Waals surface area (Å²) in [4.78, 5) is 38.3. The predicted molar refractivity (Wildman–Crippen MR) is 127 cm³/mol. The molecule has 7 nitrogen and oxygen atoms in total. The number of carbonyl (C=O) groups excluding carboxylic acids is 2. The van der Waals surface area contributed by atoms with Gasteiger partial charge in [0.15, 0.2) is 11.2 Å². The molecule has 0 radical (unpaired) electrons. The lowest BCUT2D eigenvalue weighted by atomic mass is 9.66. The van der Waals surface area contributed by atoms with E-state index in [-0.39, 0.29) is 22.9 Å². The number of carbonyl (C=O) groups is 3. The molecule has 0 amide bonds. The Bertz CT molecular complexity index is 1030. The highest BCUT2D eigenvalue weighted by molar-refractivity contribution is 6.09. The van der Waals surface area contributed by atoms with Crippen molar-refractivity contribution in [3.05, 3.63) is 46.2 Å². The maximum Gasteiger partial charge on any atom is 0.339 e. The van der Waals surface area contributed by atoms with Crippen LogP contribution in [0.4, 0.5) is 0 Å². The molecule has 1 aliphatic heterocycles. The summed E-state index contributed by atoms with van der Waals surface area (Å²) in [5.74, 6) is -2.39. The van der Waals surface area contributed by atoms with Gasteiger partial charge in [0, 0.05) is 17.7 Å². The van der Waals surface area contributed by atoms with E-state index in [1.807, 2.05) is 6.92 Å². The molecule has 0 saturated carbocycles. The average Bonchev–Trinajstić information content (AvgIpc) is 3.07. The number of rotatable bonds is 12. The second-order valence-corrected chi connectivity index (χ2v) is 8.97. The van der Waals surface area contributed by atoms with E-state index < -0.39 is 23.1 Å². The molecule has 1 aromatic rings. The van der Waals surface area contributed by atoms with Crippen molar-refractivity contribution in [1.82, 2.24) is 0 Å². The molecule has 7 heteroatoms. The lowest BCUT2D eigenvalue weighted by molar-refractivity contribution is -0.137. The third-order valence-corrected chi connectivity index (χ3v) is 6.71. The molecule has 2 N–H and O–H groups in total. The van der Waals surface area contributed by atoms with Gasteiger partial charge in [-0.15, -0.1) is 0 Å². The molecule has 0 saturated heterocycles. The topological polar surface area (TPSA) is 110 Å². The van der Waals surface area contributed by atoms with Crippen LogP contribution in [0.25, 0.3) is 0 Å². The molecule has 0 bridgehead atoms. The van der Waals surface area contributed by atoms with E-state index in [0.717, 1.165) is 44.9 Å². The molecule has 1 aliphatic carbocycles. The standard InChI is InChI=1S/C27H34O7/c1-4-6-8-9-11-12-17-14-18(28)15-22(33-3)27(17)24-19(13-10-7-5-2)23(25(30)31)20(29)16-21(24)34-26(27)32/h14-16,29H,4-13H2,1-3H3,(H,30,31). The normalized spacial score (nSPS) is 19.0. The second-order valence-electron chi connectivity index (χ2n) is 8.97. The van der Waals surface area contributed by atoms with Crippen LogP contribution in [0.15, 0.2) is 29.6 Å². The molecule has 1 atom stereocenters. The van der Waals surface area contributed by atoms with Crippen molar-refractivity contribution in [2.75, 3.05) is 7.11 Å². The molecular weight excluding hydrogens is 436 g/mol. The summed E-state index contributed by atoms with van der Waals surface area (Å²) in [5, 5.41) is 20.5. The van der Waals surface area contributed by atoms with Crippen molar-refractivity contribution in [1.29, 1.82) is 0 Å². The number of aromatic carboxylic acids is 1. The van der Waals surface area contributed by atoms with Crippen molar-refractivity contribution in [2.45, 2.75) is 83.5 Å². The largest absolute Gasteiger partial charge is 0.507 e. The van der Waals surface area contributed by atoms with Crippen molar-refractivity contribution in [2.24, 2.45) is 0 Å². The first-order valence-electron chi connectivity index (χ1n) is 12.2. The summed E-state index contributed by atoms with van der Waals surface area (Å²) < 4.78 is 11.2. The first-order chi connectivity index (χ1) is 16.3. The third kappa shape index (κ3) is 4.48. The predicted octanol–water partition coefficient (Wildman–Crippen LogP) is 5.38. The first kappa shape index (κ1) is 25.5. The Balaban J connectivity index is 2.21. The maximum atomic E-state index is 13.6. The Labute approximate surface area is 200 Å². The summed E-state index contributed by atoms with van der Waals surface area (Å²) in [6.45, 7) is 4.17. The molecule has 2 aliphatic rings. The monoisotopic (exact) mass is 470 g/mol. The van der Waals surface area contributed by atoms with Crippen LogP contribution in [0, 0.1) is 0 Å². The van der Waals surface area contributed by atoms with Gasteiger partial charge in [-0.3, -0.25) is 4.79 Å². The minimum Gasteiger partial charge on any atom is -0.507 e. The number of hydrogen-bond acceptors (Lipinski definition) is 6. The number of carboxylic acids is 1. The maximum absolute atomic E-state index is 13.6. The molecular formula is C27H34O7. The number of carboxylic acid groups (broad SMARTS) is 1. The minimum atomic E-state index is -1.53. The Hall–Kier alpha value is -3.09. The number of phenols is 1. The number of hydrogen-bond donors (Lipinski definition) is 2. The van der Waals surface area contributed by atoms with Crippen LogP contribution in [0.5, 0.6) is 11.5 Å². The van der Waals surface area contributed by atoms with Crippen LogP contribution in [0.3, 0.4) is 0 Å². The lowest BCUT2D eigenvalue weighted by Crippen LogP contribution is -2.42. The number of fused-ring (bicyclic) bond motifs is 2. The lowest BCUT2D eigenvalue weighted by Gasteiger charge is -2.34. The highest BCUT2D eigenvalue weighted by atomic mass is 16.5. The van der Waals surface area contributed by atoms with Crippen LogP contribution in [0.2, 0.25) is 0 Å². The van der Waals surface area contributed by atoms with E-state index in [1.165, 1.54) is 25.3 Å². The highest BCUT2D eigenvalue weighted by Crippen LogP contribution is 2.55. The molecule has 1 aromatic carbocycles. The second kappa shape index (κ2) is 10.9. The van der Waals surface area contributed by atoms with E-state index in [0.29, 0.717) is 36.0 Å². The molecule has 1 spiro atoms. The highest BCUT2D eigenvalue weighted by Gasteiger charge is 2.59. The average molecular weight is 471 g/mol. The molecule has 0 aromatic heterocycles. The molecule has 34 heavy (non-hydrogen) atoms. The Morgan fingerprint density at radius 3 is 2.29 bits per heavy atom. The van der Waals surface area contributed by atoms with Crippen molar-refractivity contribution >= 4 is 17.7 Å². The Morgan fingerprint density at radius 1 is 1.00 bits per heavy atom. The van der Waals surface area contributed by atoms with Gasteiger partial charge in [-0.25, -0.2) is 9.59 Å². The number of allylic oxidation sites excluding steroid dienone is 2. The fraction of sp³-hybridized carbons (Fsp3) is 0.519. The summed E-state index contributed by atoms with van der Waals surface area (Å²) in [6.07, 6.45) is 11.0. The number of unbranched alkanes of at least 4 members (excludes halogenated alkanes) is 6. The van der Waals surface area contributed by atoms with E-state index in [2.05, 4.69) is 6.92 Å². The van der Waals surface area contributed by atoms with Crippen molar-refractivity contribution < 1.29 is 34.1 Å². The molecule has 184 valence electrons. The molecule has 1 heterocycles. The minimum absolute atomic E-state index is 0.119. The van der Waals surface area contributed by atoms with Gasteiger partial charge in [-0.2, -0.15) is 0 Å². The SMILES string of the molecule is CCCCCCCC1=CC(=O)C=C(OC)C12C(=O)Oc1cc(O)c(C(=O)O)c(CCCCC)c12. The van der Waals surface area contributed by atoms with Crippen LogP contribution in [0.1, 0.15) is 93.1 Å².